The molecule has 0 bridgehead atoms. The Morgan fingerprint density at radius 2 is 1.84 bits per heavy atom. The summed E-state index contributed by atoms with van der Waals surface area (Å²) in [7, 11) is 0. The van der Waals surface area contributed by atoms with E-state index in [9.17, 15) is 9.18 Å². The third kappa shape index (κ3) is 6.89. The summed E-state index contributed by atoms with van der Waals surface area (Å²) in [5.41, 5.74) is 0.575. The lowest BCUT2D eigenvalue weighted by Crippen LogP contribution is -2.33. The zero-order valence-corrected chi connectivity index (χ0v) is 16.6. The van der Waals surface area contributed by atoms with Gasteiger partial charge in [0.05, 0.1) is 3.57 Å². The van der Waals surface area contributed by atoms with Gasteiger partial charge in [-0.3, -0.25) is 0 Å². The number of alkyl carbamates (subject to hydrolysis) is 1. The highest BCUT2D eigenvalue weighted by Gasteiger charge is 2.15. The van der Waals surface area contributed by atoms with Crippen molar-refractivity contribution in [3.05, 3.63) is 57.4 Å². The van der Waals surface area contributed by atoms with Crippen LogP contribution in [0.3, 0.4) is 0 Å². The monoisotopic (exact) mass is 457 g/mol. The van der Waals surface area contributed by atoms with E-state index in [4.69, 9.17) is 9.47 Å². The Bertz CT molecular complexity index is 726. The molecular formula is C19H21FINO3. The molecule has 0 aliphatic carbocycles. The lowest BCUT2D eigenvalue weighted by molar-refractivity contribution is 0.0528. The Labute approximate surface area is 160 Å². The van der Waals surface area contributed by atoms with Crippen molar-refractivity contribution in [3.63, 3.8) is 0 Å². The van der Waals surface area contributed by atoms with E-state index in [1.165, 1.54) is 12.1 Å². The van der Waals surface area contributed by atoms with Crippen LogP contribution in [0, 0.1) is 9.39 Å². The molecule has 0 spiro atoms. The van der Waals surface area contributed by atoms with Crippen molar-refractivity contribution < 1.29 is 18.7 Å². The molecule has 2 rings (SSSR count). The minimum absolute atomic E-state index is 0.296. The molecule has 4 nitrogen and oxygen atoms in total. The van der Waals surface area contributed by atoms with Crippen LogP contribution in [0.4, 0.5) is 9.18 Å². The number of amides is 1. The van der Waals surface area contributed by atoms with E-state index >= 15 is 0 Å². The molecule has 6 heteroatoms. The summed E-state index contributed by atoms with van der Waals surface area (Å²) >= 11 is 2.19. The summed E-state index contributed by atoms with van der Waals surface area (Å²) in [5.74, 6) is 0.990. The molecule has 1 amide bonds. The number of halogens is 2. The Morgan fingerprint density at radius 3 is 2.44 bits per heavy atom. The molecule has 0 aliphatic heterocycles. The van der Waals surface area contributed by atoms with Crippen LogP contribution >= 0.6 is 22.6 Å². The number of nitrogens with one attached hydrogen (secondary N) is 1. The fourth-order valence-electron chi connectivity index (χ4n) is 2.04. The van der Waals surface area contributed by atoms with Crippen LogP contribution < -0.4 is 10.1 Å². The fraction of sp³-hybridized carbons (Fsp3) is 0.316. The highest BCUT2D eigenvalue weighted by atomic mass is 127. The maximum absolute atomic E-state index is 12.9. The van der Waals surface area contributed by atoms with Gasteiger partial charge in [-0.25, -0.2) is 9.18 Å². The first-order valence-corrected chi connectivity index (χ1v) is 8.99. The van der Waals surface area contributed by atoms with E-state index in [2.05, 4.69) is 27.9 Å². The molecule has 0 saturated heterocycles. The summed E-state index contributed by atoms with van der Waals surface area (Å²) in [4.78, 5) is 11.6. The van der Waals surface area contributed by atoms with Gasteiger partial charge in [0.2, 0.25) is 0 Å². The molecule has 2 aromatic carbocycles. The van der Waals surface area contributed by atoms with Crippen molar-refractivity contribution in [1.29, 1.82) is 0 Å². The molecule has 0 saturated carbocycles. The second-order valence-corrected chi connectivity index (χ2v) is 7.66. The molecule has 0 heterocycles. The van der Waals surface area contributed by atoms with Gasteiger partial charge >= 0.3 is 6.09 Å². The van der Waals surface area contributed by atoms with Crippen LogP contribution in [0.2, 0.25) is 0 Å². The van der Waals surface area contributed by atoms with Gasteiger partial charge in [-0.05, 0) is 91.7 Å². The maximum Gasteiger partial charge on any atom is 0.407 e. The van der Waals surface area contributed by atoms with E-state index in [0.717, 1.165) is 9.13 Å². The predicted octanol–water partition coefficient (Wildman–Crippen LogP) is 5.29. The second kappa shape index (κ2) is 8.51. The molecule has 0 aromatic heterocycles. The van der Waals surface area contributed by atoms with Crippen LogP contribution in [-0.2, 0) is 11.2 Å². The van der Waals surface area contributed by atoms with E-state index in [-0.39, 0.29) is 5.82 Å². The van der Waals surface area contributed by atoms with Crippen LogP contribution in [-0.4, -0.2) is 18.2 Å². The Balaban J connectivity index is 1.88. The SMILES string of the molecule is CC(C)(C)OC(=O)NCCc1ccc(Oc2ccc(F)cc2)c(I)c1. The first-order chi connectivity index (χ1) is 11.7. The largest absolute Gasteiger partial charge is 0.456 e. The maximum atomic E-state index is 12.9. The van der Waals surface area contributed by atoms with Gasteiger partial charge in [0.25, 0.3) is 0 Å². The van der Waals surface area contributed by atoms with Crippen LogP contribution in [0.1, 0.15) is 26.3 Å². The normalized spacial score (nSPS) is 11.1. The van der Waals surface area contributed by atoms with Gasteiger partial charge < -0.3 is 14.8 Å². The average molecular weight is 457 g/mol. The standard InChI is InChI=1S/C19H21FINO3/c1-19(2,3)25-18(23)22-11-10-13-4-9-17(16(21)12-13)24-15-7-5-14(20)6-8-15/h4-9,12H,10-11H2,1-3H3,(H,22,23). The predicted molar refractivity (Wildman–Crippen MR) is 104 cm³/mol. The third-order valence-corrected chi connectivity index (χ3v) is 3.96. The second-order valence-electron chi connectivity index (χ2n) is 6.50. The number of carbonyl (C=O) groups excluding carboxylic acids is 1. The number of rotatable bonds is 5. The smallest absolute Gasteiger partial charge is 0.407 e. The zero-order valence-electron chi connectivity index (χ0n) is 14.4. The zero-order chi connectivity index (χ0) is 18.4. The van der Waals surface area contributed by atoms with Gasteiger partial charge in [0.1, 0.15) is 22.9 Å². The quantitative estimate of drug-likeness (QED) is 0.621. The van der Waals surface area contributed by atoms with Crippen LogP contribution in [0.25, 0.3) is 0 Å². The summed E-state index contributed by atoms with van der Waals surface area (Å²) < 4.78 is 24.8. The van der Waals surface area contributed by atoms with Crippen LogP contribution in [0.5, 0.6) is 11.5 Å². The molecule has 1 N–H and O–H groups in total. The van der Waals surface area contributed by atoms with Crippen molar-refractivity contribution in [3.8, 4) is 11.5 Å². The number of benzene rings is 2. The summed E-state index contributed by atoms with van der Waals surface area (Å²) in [6.07, 6.45) is 0.268. The molecule has 0 fully saturated rings. The van der Waals surface area contributed by atoms with Gasteiger partial charge in [-0.1, -0.05) is 6.07 Å². The van der Waals surface area contributed by atoms with Crippen molar-refractivity contribution in [1.82, 2.24) is 5.32 Å². The fourth-order valence-corrected chi connectivity index (χ4v) is 2.73. The Hall–Kier alpha value is -1.83. The minimum Gasteiger partial charge on any atom is -0.456 e. The molecule has 2 aromatic rings. The summed E-state index contributed by atoms with van der Waals surface area (Å²) in [6.45, 7) is 5.97. The molecule has 0 unspecified atom stereocenters. The highest BCUT2D eigenvalue weighted by molar-refractivity contribution is 14.1. The van der Waals surface area contributed by atoms with E-state index in [0.29, 0.717) is 24.5 Å². The van der Waals surface area contributed by atoms with Crippen molar-refractivity contribution in [2.75, 3.05) is 6.54 Å². The summed E-state index contributed by atoms with van der Waals surface area (Å²) in [6, 6.07) is 11.7. The summed E-state index contributed by atoms with van der Waals surface area (Å²) in [5, 5.41) is 2.74. The Kier molecular flexibility index (Phi) is 6.64. The van der Waals surface area contributed by atoms with Crippen molar-refractivity contribution in [2.45, 2.75) is 32.8 Å². The van der Waals surface area contributed by atoms with Gasteiger partial charge in [-0.2, -0.15) is 0 Å². The first kappa shape index (κ1) is 19.5. The van der Waals surface area contributed by atoms with E-state index in [1.54, 1.807) is 12.1 Å². The third-order valence-electron chi connectivity index (χ3n) is 3.12. The van der Waals surface area contributed by atoms with Crippen LogP contribution in [0.15, 0.2) is 42.5 Å². The molecular weight excluding hydrogens is 436 g/mol. The van der Waals surface area contributed by atoms with Gasteiger partial charge in [-0.15, -0.1) is 0 Å². The molecule has 134 valence electrons. The van der Waals surface area contributed by atoms with Gasteiger partial charge in [0, 0.05) is 6.54 Å². The topological polar surface area (TPSA) is 47.6 Å². The number of ether oxygens (including phenoxy) is 2. The number of hydrogen-bond acceptors (Lipinski definition) is 3. The van der Waals surface area contributed by atoms with Crippen molar-refractivity contribution >= 4 is 28.7 Å². The molecule has 0 radical (unpaired) electrons. The van der Waals surface area contributed by atoms with E-state index in [1.807, 2.05) is 39.0 Å². The highest BCUT2D eigenvalue weighted by Crippen LogP contribution is 2.27. The lowest BCUT2D eigenvalue weighted by atomic mass is 10.1. The molecule has 0 aliphatic rings. The van der Waals surface area contributed by atoms with E-state index < -0.39 is 11.7 Å². The van der Waals surface area contributed by atoms with Gasteiger partial charge in [0.15, 0.2) is 0 Å². The average Bonchev–Trinajstić information content (AvgIpc) is 2.50. The molecule has 0 atom stereocenters. The number of hydrogen-bond donors (Lipinski definition) is 1. The number of carbonyl (C=O) groups is 1. The minimum atomic E-state index is -0.501. The Morgan fingerprint density at radius 1 is 1.16 bits per heavy atom. The lowest BCUT2D eigenvalue weighted by Gasteiger charge is -2.19. The first-order valence-electron chi connectivity index (χ1n) is 7.92. The molecule has 25 heavy (non-hydrogen) atoms. The van der Waals surface area contributed by atoms with Crippen molar-refractivity contribution in [2.24, 2.45) is 0 Å².